The van der Waals surface area contributed by atoms with Crippen molar-refractivity contribution in [1.82, 2.24) is 4.98 Å². The number of rotatable bonds is 15. The van der Waals surface area contributed by atoms with Crippen LogP contribution in [0.3, 0.4) is 0 Å². The average molecular weight is 916 g/mol. The molecule has 3 aromatic carbocycles. The molecule has 9 rings (SSSR count). The van der Waals surface area contributed by atoms with Gasteiger partial charge < -0.3 is 42.7 Å². The van der Waals surface area contributed by atoms with E-state index in [1.807, 2.05) is 0 Å². The van der Waals surface area contributed by atoms with Gasteiger partial charge >= 0.3 is 18.0 Å². The topological polar surface area (TPSA) is 214 Å². The number of fused-ring (bicyclic) bond motifs is 2. The molecular formula is C46H40Cl2N2O14. The zero-order chi connectivity index (χ0) is 44.9. The Morgan fingerprint density at radius 1 is 0.688 bits per heavy atom. The molecule has 16 nitrogen and oxygen atoms in total. The Bertz CT molecular complexity index is 2830. The monoisotopic (exact) mass is 914 g/mol. The van der Waals surface area contributed by atoms with Crippen LogP contribution in [0.1, 0.15) is 25.7 Å². The van der Waals surface area contributed by atoms with Gasteiger partial charge in [-0.3, -0.25) is 29.1 Å². The van der Waals surface area contributed by atoms with E-state index in [2.05, 4.69) is 4.98 Å². The number of carbonyl (C=O) groups is 3. The number of para-hydroxylation sites is 2. The summed E-state index contributed by atoms with van der Waals surface area (Å²) in [4.78, 5) is 64.5. The average Bonchev–Trinajstić information content (AvgIpc) is 3.68. The van der Waals surface area contributed by atoms with Crippen molar-refractivity contribution in [2.75, 3.05) is 44.5 Å². The van der Waals surface area contributed by atoms with Crippen LogP contribution in [0.4, 0.5) is 10.5 Å². The lowest BCUT2D eigenvalue weighted by Gasteiger charge is -2.32. The zero-order valence-corrected chi connectivity index (χ0v) is 35.4. The smallest absolute Gasteiger partial charge is 0.414 e. The number of ether oxygens (including phenoxy) is 5. The Morgan fingerprint density at radius 3 is 1.73 bits per heavy atom. The van der Waals surface area contributed by atoms with Crippen LogP contribution in [0.2, 0.25) is 10.0 Å². The predicted octanol–water partition coefficient (Wildman–Crippen LogP) is 8.10. The summed E-state index contributed by atoms with van der Waals surface area (Å²) in [5, 5.41) is 19.3. The molecular weight excluding hydrogens is 875 g/mol. The minimum absolute atomic E-state index is 0.0475. The van der Waals surface area contributed by atoms with Crippen molar-refractivity contribution in [3.8, 4) is 34.1 Å². The molecule has 6 aromatic rings. The number of cyclic esters (lactones) is 1. The number of nitrogens with zero attached hydrogens (tertiary/aromatic N) is 2. The molecule has 3 aliphatic rings. The number of amides is 1. The maximum absolute atomic E-state index is 12.7. The number of carboxylic acid groups (broad SMARTS) is 2. The second-order valence-corrected chi connectivity index (χ2v) is 16.0. The molecule has 1 saturated heterocycles. The summed E-state index contributed by atoms with van der Waals surface area (Å²) >= 11 is 12.4. The summed E-state index contributed by atoms with van der Waals surface area (Å²) in [5.74, 6) is -0.818. The molecule has 3 aromatic heterocycles. The van der Waals surface area contributed by atoms with Crippen molar-refractivity contribution in [3.05, 3.63) is 116 Å². The largest absolute Gasteiger partial charge is 0.490 e. The van der Waals surface area contributed by atoms with Gasteiger partial charge in [0.1, 0.15) is 42.8 Å². The van der Waals surface area contributed by atoms with Crippen LogP contribution in [-0.2, 0) is 23.8 Å². The highest BCUT2D eigenvalue weighted by molar-refractivity contribution is 6.35. The van der Waals surface area contributed by atoms with Gasteiger partial charge in [0.25, 0.3) is 0 Å². The third kappa shape index (κ3) is 9.85. The Hall–Kier alpha value is -6.46. The molecule has 64 heavy (non-hydrogen) atoms. The highest BCUT2D eigenvalue weighted by atomic mass is 35.5. The summed E-state index contributed by atoms with van der Waals surface area (Å²) in [7, 11) is 0. The zero-order valence-electron chi connectivity index (χ0n) is 33.9. The van der Waals surface area contributed by atoms with Crippen molar-refractivity contribution in [1.29, 1.82) is 0 Å². The minimum atomic E-state index is -0.806. The number of hydrogen-bond donors (Lipinski definition) is 2. The minimum Gasteiger partial charge on any atom is -0.490 e. The SMILES string of the molecule is O=C(O)C1CC(OCCOc2cc(N3CCOC3=O)ccc2-c2cc(=O)c3cccc(Cl)c3o2)C1.O=C(O)C1CC(OCCOc2cnccc2-c2cc(=O)c3cccc(Cl)c3o2)C1. The van der Waals surface area contributed by atoms with E-state index < -0.39 is 18.0 Å². The number of carboxylic acids is 2. The first-order valence-electron chi connectivity index (χ1n) is 20.4. The normalized spacial score (nSPS) is 19.0. The van der Waals surface area contributed by atoms with E-state index >= 15 is 0 Å². The number of pyridine rings is 1. The number of carbonyl (C=O) groups excluding carboxylic acids is 1. The Balaban J connectivity index is 0.000000178. The summed E-state index contributed by atoms with van der Waals surface area (Å²) in [6, 6.07) is 19.6. The van der Waals surface area contributed by atoms with Gasteiger partial charge in [0.05, 0.1) is 87.6 Å². The van der Waals surface area contributed by atoms with Gasteiger partial charge in [0.15, 0.2) is 22.0 Å². The first kappa shape index (κ1) is 44.2. The highest BCUT2D eigenvalue weighted by Gasteiger charge is 2.36. The maximum Gasteiger partial charge on any atom is 0.414 e. The lowest BCUT2D eigenvalue weighted by molar-refractivity contribution is -0.152. The van der Waals surface area contributed by atoms with Crippen LogP contribution in [0.25, 0.3) is 44.6 Å². The fraction of sp³-hybridized carbons (Fsp3) is 0.304. The summed E-state index contributed by atoms with van der Waals surface area (Å²) in [5.41, 5.74) is 1.81. The van der Waals surface area contributed by atoms with Crippen LogP contribution in [-0.4, -0.2) is 85.0 Å². The molecule has 0 bridgehead atoms. The molecule has 2 saturated carbocycles. The molecule has 18 heteroatoms. The van der Waals surface area contributed by atoms with Gasteiger partial charge in [-0.25, -0.2) is 4.79 Å². The van der Waals surface area contributed by atoms with Crippen LogP contribution in [0, 0.1) is 11.8 Å². The molecule has 1 aliphatic heterocycles. The molecule has 0 unspecified atom stereocenters. The first-order valence-corrected chi connectivity index (χ1v) is 21.1. The number of halogens is 2. The second kappa shape index (κ2) is 19.5. The van der Waals surface area contributed by atoms with Gasteiger partial charge in [0.2, 0.25) is 0 Å². The molecule has 3 fully saturated rings. The van der Waals surface area contributed by atoms with E-state index in [0.717, 1.165) is 0 Å². The number of anilines is 1. The van der Waals surface area contributed by atoms with Gasteiger partial charge in [-0.15, -0.1) is 0 Å². The third-order valence-electron chi connectivity index (χ3n) is 11.0. The van der Waals surface area contributed by atoms with Crippen LogP contribution in [0.5, 0.6) is 11.5 Å². The predicted molar refractivity (Wildman–Crippen MR) is 234 cm³/mol. The molecule has 0 spiro atoms. The van der Waals surface area contributed by atoms with Gasteiger partial charge in [-0.2, -0.15) is 0 Å². The lowest BCUT2D eigenvalue weighted by Crippen LogP contribution is -2.37. The Labute approximate surface area is 373 Å². The fourth-order valence-electron chi connectivity index (χ4n) is 7.42. The Morgan fingerprint density at radius 2 is 1.22 bits per heavy atom. The fourth-order valence-corrected chi connectivity index (χ4v) is 7.85. The molecule has 1 amide bonds. The number of aliphatic carboxylic acids is 2. The molecule has 0 radical (unpaired) electrons. The van der Waals surface area contributed by atoms with E-state index in [4.69, 9.17) is 65.9 Å². The standard InChI is InChI=1S/C25H22ClNO8.C21H18ClNO6/c26-19-3-1-2-17-20(28)13-22(35-23(17)19)18-5-4-15(27-6-7-34-25(27)31)12-21(18)33-9-8-32-16-10-14(11-16)24(29)30;22-16-3-1-2-14-17(24)10-18(29-20(14)16)15-4-5-23-11-19(15)28-7-6-27-13-8-12(9-13)21(25)26/h1-5,12-14,16H,6-11H2,(H,29,30);1-5,10-13H,6-9H2,(H,25,26). The van der Waals surface area contributed by atoms with Crippen molar-refractivity contribution in [2.45, 2.75) is 37.9 Å². The molecule has 4 heterocycles. The van der Waals surface area contributed by atoms with E-state index in [9.17, 15) is 24.0 Å². The molecule has 2 N–H and O–H groups in total. The summed E-state index contributed by atoms with van der Waals surface area (Å²) < 4.78 is 40.0. The van der Waals surface area contributed by atoms with Crippen molar-refractivity contribution in [3.63, 3.8) is 0 Å². The van der Waals surface area contributed by atoms with Gasteiger partial charge in [-0.1, -0.05) is 35.3 Å². The number of aromatic nitrogens is 1. The van der Waals surface area contributed by atoms with Crippen LogP contribution in [0.15, 0.2) is 104 Å². The molecule has 0 atom stereocenters. The van der Waals surface area contributed by atoms with E-state index in [1.54, 1.807) is 66.9 Å². The Kier molecular flexibility index (Phi) is 13.5. The van der Waals surface area contributed by atoms with Crippen LogP contribution < -0.4 is 25.2 Å². The number of benzene rings is 3. The highest BCUT2D eigenvalue weighted by Crippen LogP contribution is 2.37. The third-order valence-corrected chi connectivity index (χ3v) is 11.6. The van der Waals surface area contributed by atoms with Crippen molar-refractivity contribution >= 4 is 68.9 Å². The number of hydrogen-bond acceptors (Lipinski definition) is 13. The summed E-state index contributed by atoms with van der Waals surface area (Å²) in [6.45, 7) is 1.70. The first-order chi connectivity index (χ1) is 30.9. The van der Waals surface area contributed by atoms with Crippen molar-refractivity contribution < 1.29 is 57.1 Å². The van der Waals surface area contributed by atoms with E-state index in [1.165, 1.54) is 23.2 Å². The van der Waals surface area contributed by atoms with Gasteiger partial charge in [0, 0.05) is 24.4 Å². The second-order valence-electron chi connectivity index (χ2n) is 15.2. The summed E-state index contributed by atoms with van der Waals surface area (Å²) in [6.07, 6.45) is 4.53. The lowest BCUT2D eigenvalue weighted by atomic mass is 9.82. The van der Waals surface area contributed by atoms with Crippen LogP contribution >= 0.6 is 23.2 Å². The molecule has 2 aliphatic carbocycles. The van der Waals surface area contributed by atoms with Gasteiger partial charge in [-0.05, 0) is 68.1 Å². The quantitative estimate of drug-likeness (QED) is 0.0931. The van der Waals surface area contributed by atoms with E-state index in [0.29, 0.717) is 106 Å². The van der Waals surface area contributed by atoms with Crippen molar-refractivity contribution in [2.24, 2.45) is 11.8 Å². The maximum atomic E-state index is 12.7. The van der Waals surface area contributed by atoms with E-state index in [-0.39, 0.29) is 66.1 Å². The molecule has 332 valence electrons.